The van der Waals surface area contributed by atoms with E-state index in [1.165, 1.54) is 0 Å². The summed E-state index contributed by atoms with van der Waals surface area (Å²) in [6.45, 7) is 2.20. The van der Waals surface area contributed by atoms with Crippen molar-refractivity contribution < 1.29 is 9.58 Å². The molecule has 0 bridgehead atoms. The van der Waals surface area contributed by atoms with Crippen molar-refractivity contribution in [2.75, 3.05) is 0 Å². The van der Waals surface area contributed by atoms with Crippen LogP contribution >= 0.6 is 11.6 Å². The van der Waals surface area contributed by atoms with Crippen LogP contribution in [0.25, 0.3) is 16.7 Å². The summed E-state index contributed by atoms with van der Waals surface area (Å²) < 4.78 is 7.43. The van der Waals surface area contributed by atoms with Gasteiger partial charge in [-0.05, 0) is 35.5 Å². The minimum absolute atomic E-state index is 0.345. The third-order valence-corrected chi connectivity index (χ3v) is 3.89. The number of fused-ring (bicyclic) bond motifs is 3. The Hall–Kier alpha value is -2.93. The molecule has 3 aromatic heterocycles. The van der Waals surface area contributed by atoms with E-state index >= 15 is 0 Å². The summed E-state index contributed by atoms with van der Waals surface area (Å²) in [5.41, 5.74) is 3.32. The summed E-state index contributed by atoms with van der Waals surface area (Å²) in [6.07, 6.45) is 3.30. The van der Waals surface area contributed by atoms with Gasteiger partial charge in [0.25, 0.3) is 5.52 Å². The third kappa shape index (κ3) is 2.48. The first-order valence-corrected chi connectivity index (χ1v) is 7.61. The first-order valence-electron chi connectivity index (χ1n) is 7.23. The first kappa shape index (κ1) is 14.6. The molecule has 0 fully saturated rings. The quantitative estimate of drug-likeness (QED) is 0.325. The van der Waals surface area contributed by atoms with Gasteiger partial charge in [0.1, 0.15) is 23.0 Å². The Morgan fingerprint density at radius 3 is 3.00 bits per heavy atom. The second-order valence-electron chi connectivity index (χ2n) is 5.36. The molecular weight excluding hydrogens is 330 g/mol. The highest BCUT2D eigenvalue weighted by Gasteiger charge is 2.15. The molecule has 0 saturated carbocycles. The zero-order chi connectivity index (χ0) is 16.7. The number of hydrogen-bond donors (Lipinski definition) is 0. The number of aryl methyl sites for hydroxylation is 1. The molecule has 0 aliphatic heterocycles. The number of benzene rings is 1. The molecular formula is C16H12ClN5O2. The van der Waals surface area contributed by atoms with E-state index in [-0.39, 0.29) is 0 Å². The maximum Gasteiger partial charge on any atom is 0.270 e. The summed E-state index contributed by atoms with van der Waals surface area (Å²) in [4.78, 5) is 4.54. The number of pyridine rings is 1. The molecule has 0 spiro atoms. The Morgan fingerprint density at radius 2 is 2.17 bits per heavy atom. The molecule has 0 aliphatic rings. The maximum absolute atomic E-state index is 12.1. The Morgan fingerprint density at radius 1 is 1.29 bits per heavy atom. The van der Waals surface area contributed by atoms with Gasteiger partial charge in [0, 0.05) is 29.0 Å². The zero-order valence-corrected chi connectivity index (χ0v) is 13.4. The van der Waals surface area contributed by atoms with Gasteiger partial charge < -0.3 is 9.94 Å². The zero-order valence-electron chi connectivity index (χ0n) is 12.7. The highest BCUT2D eigenvalue weighted by atomic mass is 35.5. The van der Waals surface area contributed by atoms with E-state index in [0.29, 0.717) is 39.0 Å². The van der Waals surface area contributed by atoms with Crippen molar-refractivity contribution in [1.29, 1.82) is 0 Å². The summed E-state index contributed by atoms with van der Waals surface area (Å²) >= 11 is 5.87. The lowest BCUT2D eigenvalue weighted by atomic mass is 10.2. The summed E-state index contributed by atoms with van der Waals surface area (Å²) in [7, 11) is 0. The number of rotatable bonds is 3. The van der Waals surface area contributed by atoms with Crippen LogP contribution in [0, 0.1) is 12.1 Å². The minimum atomic E-state index is 0.345. The molecule has 3 heterocycles. The molecule has 0 aliphatic carbocycles. The fourth-order valence-electron chi connectivity index (χ4n) is 2.48. The van der Waals surface area contributed by atoms with Crippen LogP contribution in [-0.2, 0) is 6.61 Å². The van der Waals surface area contributed by atoms with Gasteiger partial charge in [0.05, 0.1) is 6.20 Å². The van der Waals surface area contributed by atoms with Crippen LogP contribution < -0.4 is 9.58 Å². The molecule has 0 amide bonds. The van der Waals surface area contributed by atoms with Gasteiger partial charge in [-0.3, -0.25) is 0 Å². The molecule has 24 heavy (non-hydrogen) atoms. The molecule has 0 atom stereocenters. The van der Waals surface area contributed by atoms with Gasteiger partial charge in [-0.15, -0.1) is 0 Å². The fraction of sp³-hybridized carbons (Fsp3) is 0.125. The second kappa shape index (κ2) is 5.61. The smallest absolute Gasteiger partial charge is 0.270 e. The van der Waals surface area contributed by atoms with Crippen LogP contribution in [-0.4, -0.2) is 19.7 Å². The molecule has 0 radical (unpaired) electrons. The normalized spacial score (nSPS) is 11.2. The summed E-state index contributed by atoms with van der Waals surface area (Å²) in [5.74, 6) is 0.621. The molecule has 4 rings (SSSR count). The van der Waals surface area contributed by atoms with Gasteiger partial charge in [-0.1, -0.05) is 11.6 Å². The lowest BCUT2D eigenvalue weighted by Gasteiger charge is -2.08. The highest BCUT2D eigenvalue weighted by molar-refractivity contribution is 6.29. The maximum atomic E-state index is 12.1. The molecule has 0 N–H and O–H groups in total. The average molecular weight is 342 g/mol. The Kier molecular flexibility index (Phi) is 3.42. The predicted octanol–water partition coefficient (Wildman–Crippen LogP) is 2.45. The SMILES string of the molecule is Cc1cnn2c1n[n+]([O-])c1ccc(OCc3ccnc(Cl)c3)cc12. The van der Waals surface area contributed by atoms with Gasteiger partial charge >= 0.3 is 0 Å². The third-order valence-electron chi connectivity index (χ3n) is 3.68. The molecule has 8 heteroatoms. The van der Waals surface area contributed by atoms with E-state index in [2.05, 4.69) is 15.2 Å². The molecule has 4 aromatic rings. The van der Waals surface area contributed by atoms with E-state index in [0.717, 1.165) is 11.1 Å². The fourth-order valence-corrected chi connectivity index (χ4v) is 2.68. The van der Waals surface area contributed by atoms with Gasteiger partial charge in [-0.25, -0.2) is 9.50 Å². The number of halogens is 1. The van der Waals surface area contributed by atoms with Crippen LogP contribution in [0.3, 0.4) is 0 Å². The Labute approximate surface area is 141 Å². The van der Waals surface area contributed by atoms with Crippen molar-refractivity contribution in [2.45, 2.75) is 13.5 Å². The van der Waals surface area contributed by atoms with E-state index < -0.39 is 0 Å². The second-order valence-corrected chi connectivity index (χ2v) is 5.75. The van der Waals surface area contributed by atoms with Gasteiger partial charge in [0.2, 0.25) is 5.65 Å². The molecule has 0 saturated heterocycles. The minimum Gasteiger partial charge on any atom is -0.594 e. The number of aromatic nitrogens is 5. The lowest BCUT2D eigenvalue weighted by Crippen LogP contribution is -2.33. The number of ether oxygens (including phenoxy) is 1. The largest absolute Gasteiger partial charge is 0.594 e. The van der Waals surface area contributed by atoms with Crippen LogP contribution in [0.5, 0.6) is 5.75 Å². The Bertz CT molecular complexity index is 1060. The van der Waals surface area contributed by atoms with E-state index in [1.807, 2.05) is 13.0 Å². The molecule has 1 aromatic carbocycles. The monoisotopic (exact) mass is 341 g/mol. The van der Waals surface area contributed by atoms with Crippen LogP contribution in [0.4, 0.5) is 0 Å². The predicted molar refractivity (Wildman–Crippen MR) is 87.8 cm³/mol. The van der Waals surface area contributed by atoms with Crippen molar-refractivity contribution in [3.05, 3.63) is 64.2 Å². The van der Waals surface area contributed by atoms with Crippen molar-refractivity contribution in [3.8, 4) is 5.75 Å². The first-order chi connectivity index (χ1) is 11.6. The topological polar surface area (TPSA) is 79.2 Å². The summed E-state index contributed by atoms with van der Waals surface area (Å²) in [5, 5.41) is 20.8. The highest BCUT2D eigenvalue weighted by Crippen LogP contribution is 2.21. The van der Waals surface area contributed by atoms with Crippen molar-refractivity contribution >= 4 is 28.3 Å². The number of nitrogens with zero attached hydrogens (tertiary/aromatic N) is 5. The number of hydrogen-bond acceptors (Lipinski definition) is 5. The standard InChI is InChI=1S/C16H12ClN5O2/c1-10-8-19-21-14-7-12(2-3-13(14)22(23)20-16(10)21)24-9-11-4-5-18-15(17)6-11/h2-8H,9H2,1H3. The molecule has 7 nitrogen and oxygen atoms in total. The van der Waals surface area contributed by atoms with Crippen LogP contribution in [0.2, 0.25) is 5.15 Å². The van der Waals surface area contributed by atoms with E-state index in [9.17, 15) is 5.21 Å². The van der Waals surface area contributed by atoms with Crippen LogP contribution in [0.15, 0.2) is 42.7 Å². The van der Waals surface area contributed by atoms with Crippen molar-refractivity contribution in [1.82, 2.24) is 19.7 Å². The van der Waals surface area contributed by atoms with Gasteiger partial charge in [0.15, 0.2) is 0 Å². The molecule has 120 valence electrons. The van der Waals surface area contributed by atoms with Crippen molar-refractivity contribution in [3.63, 3.8) is 0 Å². The van der Waals surface area contributed by atoms with Crippen molar-refractivity contribution in [2.24, 2.45) is 0 Å². The van der Waals surface area contributed by atoms with Crippen LogP contribution in [0.1, 0.15) is 11.1 Å². The lowest BCUT2D eigenvalue weighted by molar-refractivity contribution is -0.640. The summed E-state index contributed by atoms with van der Waals surface area (Å²) in [6, 6.07) is 8.74. The Balaban J connectivity index is 1.73. The van der Waals surface area contributed by atoms with Gasteiger partial charge in [-0.2, -0.15) is 5.10 Å². The van der Waals surface area contributed by atoms with E-state index in [1.54, 1.807) is 41.2 Å². The average Bonchev–Trinajstić information content (AvgIpc) is 2.94. The molecule has 0 unspecified atom stereocenters. The van der Waals surface area contributed by atoms with E-state index in [4.69, 9.17) is 16.3 Å².